The third-order valence-electron chi connectivity index (χ3n) is 0. The summed E-state index contributed by atoms with van der Waals surface area (Å²) in [7, 11) is 0. The summed E-state index contributed by atoms with van der Waals surface area (Å²) in [5.41, 5.74) is 0. The SMILES string of the molecule is [K+].[K+].[O-][Br+2]([O-])O.[O]=[Cr](=[O])([O-])[O-]. The normalized spacial score (nSPS) is 8.55. The molecule has 0 atom stereocenters. The molecule has 0 heterocycles. The topological polar surface area (TPSA) is 147 Å². The van der Waals surface area contributed by atoms with Crippen LogP contribution in [0.2, 0.25) is 0 Å². The first-order chi connectivity index (χ1) is 3.73. The molecule has 11 heavy (non-hydrogen) atoms. The second-order valence-electron chi connectivity index (χ2n) is 0.609. The predicted octanol–water partition coefficient (Wildman–Crippen LogP) is -11.5. The van der Waals surface area contributed by atoms with Crippen LogP contribution in [0.1, 0.15) is 0 Å². The molecule has 0 fully saturated rings. The van der Waals surface area contributed by atoms with Gasteiger partial charge in [-0.1, -0.05) is 0 Å². The van der Waals surface area contributed by atoms with Gasteiger partial charge in [0, 0.05) is 0 Å². The summed E-state index contributed by atoms with van der Waals surface area (Å²) < 4.78 is 58.7. The summed E-state index contributed by atoms with van der Waals surface area (Å²) in [5.74, 6) is 0. The van der Waals surface area contributed by atoms with Crippen LogP contribution in [0.3, 0.4) is 0 Å². The van der Waals surface area contributed by atoms with Crippen molar-refractivity contribution in [1.82, 2.24) is 0 Å². The number of hydrogen-bond donors (Lipinski definition) is 1. The average Bonchev–Trinajstić information content (AvgIpc) is 1.19. The van der Waals surface area contributed by atoms with E-state index in [-0.39, 0.29) is 103 Å². The van der Waals surface area contributed by atoms with Gasteiger partial charge in [-0.2, -0.15) is 0 Å². The number of halogens is 1. The fraction of sp³-hybridized carbons (Fsp3) is 0. The van der Waals surface area contributed by atoms with Crippen molar-refractivity contribution in [2.45, 2.75) is 0 Å². The van der Waals surface area contributed by atoms with Crippen molar-refractivity contribution in [2.75, 3.05) is 0 Å². The maximum absolute atomic E-state index is 8.63. The molecular weight excluding hydrogens is 322 g/mol. The zero-order valence-electron chi connectivity index (χ0n) is 5.68. The Hall–Kier alpha value is 3.69. The molecule has 58 valence electrons. The molecule has 11 heteroatoms. The number of hydrogen-bond acceptors (Lipinski definition) is 7. The summed E-state index contributed by atoms with van der Waals surface area (Å²) in [6, 6.07) is 0. The van der Waals surface area contributed by atoms with Crippen molar-refractivity contribution in [3.63, 3.8) is 0 Å². The van der Waals surface area contributed by atoms with Crippen molar-refractivity contribution in [2.24, 2.45) is 0 Å². The van der Waals surface area contributed by atoms with E-state index in [0.29, 0.717) is 0 Å². The average molecular weight is 323 g/mol. The van der Waals surface area contributed by atoms with Crippen molar-refractivity contribution < 1.29 is 160 Å². The second kappa shape index (κ2) is 13.7. The first-order valence-electron chi connectivity index (χ1n) is 1.14. The van der Waals surface area contributed by atoms with E-state index < -0.39 is 28.4 Å². The monoisotopic (exact) mass is 322 g/mol. The van der Waals surface area contributed by atoms with E-state index in [9.17, 15) is 0 Å². The summed E-state index contributed by atoms with van der Waals surface area (Å²) in [6.07, 6.45) is 0. The minimum absolute atomic E-state index is 0. The fourth-order valence-electron chi connectivity index (χ4n) is 0. The van der Waals surface area contributed by atoms with Gasteiger partial charge in [-0.25, -0.2) is 0 Å². The maximum atomic E-state index is 8.63. The Kier molecular flexibility index (Phi) is 30.0. The van der Waals surface area contributed by atoms with E-state index in [1.165, 1.54) is 0 Å². The molecular formula is HBrCrK2O7. The van der Waals surface area contributed by atoms with E-state index in [4.69, 9.17) is 28.5 Å². The van der Waals surface area contributed by atoms with E-state index in [1.54, 1.807) is 0 Å². The van der Waals surface area contributed by atoms with Crippen molar-refractivity contribution in [1.29, 1.82) is 0 Å². The molecule has 1 N–H and O–H groups in total. The van der Waals surface area contributed by atoms with Gasteiger partial charge in [-0.05, 0) is 4.20 Å². The quantitative estimate of drug-likeness (QED) is 0.435. The van der Waals surface area contributed by atoms with Gasteiger partial charge < -0.3 is 8.40 Å². The van der Waals surface area contributed by atoms with Crippen LogP contribution in [0.4, 0.5) is 0 Å². The molecule has 0 saturated carbocycles. The van der Waals surface area contributed by atoms with E-state index in [1.807, 2.05) is 0 Å². The van der Waals surface area contributed by atoms with Crippen molar-refractivity contribution in [3.8, 4) is 0 Å². The summed E-state index contributed by atoms with van der Waals surface area (Å²) in [4.78, 5) is 0. The first kappa shape index (κ1) is 24.1. The van der Waals surface area contributed by atoms with E-state index in [2.05, 4.69) is 0 Å². The standard InChI is InChI=1S/BrHO3.Cr.2K.4O/c2-1(3)4;;;;;;;/h2H;;;;;;;/q;;2*+1;;;2*-1. The van der Waals surface area contributed by atoms with Gasteiger partial charge in [0.05, 0.1) is 0 Å². The molecule has 0 aliphatic rings. The molecule has 0 aliphatic heterocycles. The molecule has 0 rings (SSSR count). The molecule has 0 unspecified atom stereocenters. The zero-order chi connectivity index (χ0) is 8.08. The molecule has 7 nitrogen and oxygen atoms in total. The van der Waals surface area contributed by atoms with Gasteiger partial charge in [0.25, 0.3) is 0 Å². The Bertz CT molecular complexity index is 128. The molecule has 0 bridgehead atoms. The van der Waals surface area contributed by atoms with Gasteiger partial charge >= 0.3 is 147 Å². The van der Waals surface area contributed by atoms with Crippen molar-refractivity contribution >= 4 is 0 Å². The third-order valence-corrected chi connectivity index (χ3v) is 0. The van der Waals surface area contributed by atoms with Gasteiger partial charge in [0.1, 0.15) is 0 Å². The Morgan fingerprint density at radius 1 is 1.09 bits per heavy atom. The fourth-order valence-corrected chi connectivity index (χ4v) is 0. The summed E-state index contributed by atoms with van der Waals surface area (Å²) in [5, 5.41) is 0. The molecule has 0 amide bonds. The van der Waals surface area contributed by atoms with Crippen LogP contribution in [-0.4, -0.2) is 4.20 Å². The molecule has 0 radical (unpaired) electrons. The Morgan fingerprint density at radius 3 is 1.09 bits per heavy atom. The van der Waals surface area contributed by atoms with Crippen molar-refractivity contribution in [3.05, 3.63) is 0 Å². The van der Waals surface area contributed by atoms with Gasteiger partial charge in [0.2, 0.25) is 0 Å². The third kappa shape index (κ3) is 138. The molecule has 0 aromatic carbocycles. The Labute approximate surface area is 155 Å². The van der Waals surface area contributed by atoms with Crippen LogP contribution in [0.25, 0.3) is 0 Å². The zero-order valence-corrected chi connectivity index (χ0v) is 14.8. The van der Waals surface area contributed by atoms with Crippen LogP contribution in [0, 0.1) is 14.8 Å². The Morgan fingerprint density at radius 2 is 1.09 bits per heavy atom. The van der Waals surface area contributed by atoms with Crippen LogP contribution < -0.4 is 119 Å². The van der Waals surface area contributed by atoms with Gasteiger partial charge in [0.15, 0.2) is 0 Å². The van der Waals surface area contributed by atoms with Crippen LogP contribution >= 0.6 is 0 Å². The summed E-state index contributed by atoms with van der Waals surface area (Å²) in [6.45, 7) is 0. The number of rotatable bonds is 0. The summed E-state index contributed by atoms with van der Waals surface area (Å²) >= 11 is -9.15. The second-order valence-corrected chi connectivity index (χ2v) is 2.73. The minimum atomic E-state index is -5.75. The molecule has 0 aliphatic carbocycles. The van der Waals surface area contributed by atoms with E-state index in [0.717, 1.165) is 0 Å². The predicted molar refractivity (Wildman–Crippen MR) is 3.59 cm³/mol. The van der Waals surface area contributed by atoms with Crippen LogP contribution in [0.5, 0.6) is 0 Å². The van der Waals surface area contributed by atoms with E-state index >= 15 is 0 Å². The Balaban J connectivity index is -0.0000000383. The van der Waals surface area contributed by atoms with Crippen LogP contribution in [-0.2, 0) is 21.2 Å². The van der Waals surface area contributed by atoms with Crippen LogP contribution in [0.15, 0.2) is 0 Å². The molecule has 0 aromatic heterocycles. The van der Waals surface area contributed by atoms with Gasteiger partial charge in [-0.3, -0.25) is 0 Å². The van der Waals surface area contributed by atoms with Gasteiger partial charge in [-0.15, -0.1) is 0 Å². The molecule has 0 spiro atoms. The molecule has 0 aromatic rings. The first-order valence-corrected chi connectivity index (χ1v) is 5.23. The molecule has 0 saturated heterocycles.